The van der Waals surface area contributed by atoms with Gasteiger partial charge in [0.2, 0.25) is 10.0 Å². The maximum absolute atomic E-state index is 12.9. The lowest BCUT2D eigenvalue weighted by Gasteiger charge is -2.19. The fraction of sp³-hybridized carbons (Fsp3) is 0.263. The van der Waals surface area contributed by atoms with Gasteiger partial charge in [0.05, 0.1) is 29.3 Å². The molecular formula is C19H22N4O4S2. The van der Waals surface area contributed by atoms with Crippen LogP contribution in [0.15, 0.2) is 46.0 Å². The first kappa shape index (κ1) is 21.0. The van der Waals surface area contributed by atoms with Gasteiger partial charge in [0.25, 0.3) is 5.91 Å². The van der Waals surface area contributed by atoms with Crippen LogP contribution in [0, 0.1) is 13.8 Å². The Kier molecular flexibility index (Phi) is 6.06. The van der Waals surface area contributed by atoms with Gasteiger partial charge in [0.15, 0.2) is 0 Å². The number of aromatic nitrogens is 2. The van der Waals surface area contributed by atoms with Crippen LogP contribution in [0.5, 0.6) is 5.75 Å². The van der Waals surface area contributed by atoms with Crippen molar-refractivity contribution in [2.45, 2.75) is 24.8 Å². The summed E-state index contributed by atoms with van der Waals surface area (Å²) < 4.78 is 35.2. The van der Waals surface area contributed by atoms with Crippen molar-refractivity contribution in [3.8, 4) is 5.75 Å². The average molecular weight is 435 g/mol. The second-order valence-electron chi connectivity index (χ2n) is 6.52. The van der Waals surface area contributed by atoms with E-state index in [1.807, 2.05) is 41.4 Å². The summed E-state index contributed by atoms with van der Waals surface area (Å²) in [4.78, 5) is 11.6. The number of rotatable bonds is 8. The highest BCUT2D eigenvalue weighted by molar-refractivity contribution is 7.89. The summed E-state index contributed by atoms with van der Waals surface area (Å²) in [5.74, 6) is -0.548. The van der Waals surface area contributed by atoms with Gasteiger partial charge in [0, 0.05) is 12.2 Å². The van der Waals surface area contributed by atoms with Crippen molar-refractivity contribution >= 4 is 27.3 Å². The Balaban J connectivity index is 1.90. The van der Waals surface area contributed by atoms with E-state index in [-0.39, 0.29) is 28.8 Å². The molecule has 0 radical (unpaired) electrons. The van der Waals surface area contributed by atoms with E-state index in [9.17, 15) is 13.2 Å². The average Bonchev–Trinajstić information content (AvgIpc) is 3.31. The number of carbonyl (C=O) groups excluding carboxylic acids is 1. The molecule has 2 heterocycles. The van der Waals surface area contributed by atoms with Crippen molar-refractivity contribution in [2.24, 2.45) is 5.73 Å². The third kappa shape index (κ3) is 4.50. The molecule has 0 aliphatic rings. The lowest BCUT2D eigenvalue weighted by Crippen LogP contribution is -2.32. The predicted octanol–water partition coefficient (Wildman–Crippen LogP) is 2.24. The number of carbonyl (C=O) groups is 1. The summed E-state index contributed by atoms with van der Waals surface area (Å²) in [6, 6.07) is 7.57. The largest absolute Gasteiger partial charge is 0.496 e. The van der Waals surface area contributed by atoms with E-state index in [0.717, 1.165) is 17.0 Å². The molecule has 2 aromatic heterocycles. The van der Waals surface area contributed by atoms with Crippen LogP contribution < -0.4 is 15.2 Å². The SMILES string of the molecule is COc1ccc(S(=O)(=O)NCC(c2ccsc2)n2nc(C)cc2C)cc1C(N)=O. The summed E-state index contributed by atoms with van der Waals surface area (Å²) in [6.45, 7) is 3.91. The molecule has 0 aliphatic heterocycles. The molecule has 3 rings (SSSR count). The minimum absolute atomic E-state index is 0.00306. The Hall–Kier alpha value is -2.69. The van der Waals surface area contributed by atoms with Gasteiger partial charge in [0.1, 0.15) is 5.75 Å². The summed E-state index contributed by atoms with van der Waals surface area (Å²) >= 11 is 1.53. The van der Waals surface area contributed by atoms with Crippen LogP contribution >= 0.6 is 11.3 Å². The van der Waals surface area contributed by atoms with E-state index in [1.165, 1.54) is 36.6 Å². The summed E-state index contributed by atoms with van der Waals surface area (Å²) in [6.07, 6.45) is 0. The topological polar surface area (TPSA) is 116 Å². The van der Waals surface area contributed by atoms with Gasteiger partial charge in [-0.3, -0.25) is 9.48 Å². The Morgan fingerprint density at radius 3 is 2.62 bits per heavy atom. The molecule has 10 heteroatoms. The third-order valence-corrected chi connectivity index (χ3v) is 6.60. The van der Waals surface area contributed by atoms with Gasteiger partial charge < -0.3 is 10.5 Å². The van der Waals surface area contributed by atoms with Crippen molar-refractivity contribution in [1.29, 1.82) is 0 Å². The number of sulfonamides is 1. The van der Waals surface area contributed by atoms with Gasteiger partial charge >= 0.3 is 0 Å². The number of nitrogens with one attached hydrogen (secondary N) is 1. The molecule has 29 heavy (non-hydrogen) atoms. The number of ether oxygens (including phenoxy) is 1. The summed E-state index contributed by atoms with van der Waals surface area (Å²) in [5.41, 5.74) is 8.08. The molecule has 1 unspecified atom stereocenters. The first-order valence-corrected chi connectivity index (χ1v) is 11.2. The monoisotopic (exact) mass is 434 g/mol. The van der Waals surface area contributed by atoms with Crippen LogP contribution in [-0.4, -0.2) is 37.8 Å². The minimum Gasteiger partial charge on any atom is -0.496 e. The molecule has 0 fully saturated rings. The van der Waals surface area contributed by atoms with E-state index in [4.69, 9.17) is 10.5 Å². The molecule has 1 atom stereocenters. The van der Waals surface area contributed by atoms with Gasteiger partial charge in [-0.2, -0.15) is 16.4 Å². The van der Waals surface area contributed by atoms with E-state index >= 15 is 0 Å². The Labute approximate surface area is 173 Å². The van der Waals surface area contributed by atoms with Crippen molar-refractivity contribution in [1.82, 2.24) is 14.5 Å². The number of primary amides is 1. The molecular weight excluding hydrogens is 412 g/mol. The maximum Gasteiger partial charge on any atom is 0.252 e. The number of nitrogens with two attached hydrogens (primary N) is 1. The van der Waals surface area contributed by atoms with Gasteiger partial charge in [-0.1, -0.05) is 0 Å². The van der Waals surface area contributed by atoms with E-state index in [2.05, 4.69) is 9.82 Å². The summed E-state index contributed by atoms with van der Waals surface area (Å²) in [7, 11) is -2.51. The molecule has 0 aliphatic carbocycles. The van der Waals surface area contributed by atoms with Crippen molar-refractivity contribution in [2.75, 3.05) is 13.7 Å². The van der Waals surface area contributed by atoms with Crippen LogP contribution in [0.3, 0.4) is 0 Å². The van der Waals surface area contributed by atoms with Crippen LogP contribution in [-0.2, 0) is 10.0 Å². The quantitative estimate of drug-likeness (QED) is 0.564. The van der Waals surface area contributed by atoms with Crippen molar-refractivity contribution in [3.63, 3.8) is 0 Å². The molecule has 8 nitrogen and oxygen atoms in total. The van der Waals surface area contributed by atoms with Gasteiger partial charge in [-0.05, 0) is 60.5 Å². The number of thiophene rings is 1. The standard InChI is InChI=1S/C19H22N4O4S2/c1-12-8-13(2)23(22-12)17(14-6-7-28-11-14)10-21-29(25,26)15-4-5-18(27-3)16(9-15)19(20)24/h4-9,11,17,21H,10H2,1-3H3,(H2,20,24). The molecule has 0 saturated carbocycles. The number of nitrogens with zero attached hydrogens (tertiary/aromatic N) is 2. The van der Waals surface area contributed by atoms with Crippen LogP contribution in [0.2, 0.25) is 0 Å². The summed E-state index contributed by atoms with van der Waals surface area (Å²) in [5, 5.41) is 8.41. The predicted molar refractivity (Wildman–Crippen MR) is 111 cm³/mol. The number of amides is 1. The van der Waals surface area contributed by atoms with Gasteiger partial charge in [-0.25, -0.2) is 13.1 Å². The van der Waals surface area contributed by atoms with E-state index in [1.54, 1.807) is 0 Å². The lowest BCUT2D eigenvalue weighted by atomic mass is 10.1. The lowest BCUT2D eigenvalue weighted by molar-refractivity contribution is 0.0997. The van der Waals surface area contributed by atoms with Crippen LogP contribution in [0.25, 0.3) is 0 Å². The zero-order chi connectivity index (χ0) is 21.2. The second kappa shape index (κ2) is 8.36. The smallest absolute Gasteiger partial charge is 0.252 e. The molecule has 154 valence electrons. The second-order valence-corrected chi connectivity index (χ2v) is 9.07. The number of aryl methyl sites for hydroxylation is 2. The minimum atomic E-state index is -3.89. The molecule has 0 bridgehead atoms. The normalized spacial score (nSPS) is 12.7. The van der Waals surface area contributed by atoms with E-state index < -0.39 is 15.9 Å². The highest BCUT2D eigenvalue weighted by atomic mass is 32.2. The molecule has 1 aromatic carbocycles. The molecule has 1 amide bonds. The highest BCUT2D eigenvalue weighted by Gasteiger charge is 2.23. The first-order valence-electron chi connectivity index (χ1n) is 8.75. The molecule has 3 aromatic rings. The van der Waals surface area contributed by atoms with E-state index in [0.29, 0.717) is 0 Å². The fourth-order valence-corrected chi connectivity index (χ4v) is 4.86. The number of hydrogen-bond acceptors (Lipinski definition) is 6. The molecule has 0 saturated heterocycles. The van der Waals surface area contributed by atoms with Gasteiger partial charge in [-0.15, -0.1) is 0 Å². The Morgan fingerprint density at radius 2 is 2.07 bits per heavy atom. The highest BCUT2D eigenvalue weighted by Crippen LogP contribution is 2.25. The Bertz CT molecular complexity index is 1120. The first-order chi connectivity index (χ1) is 13.7. The van der Waals surface area contributed by atoms with Crippen LogP contribution in [0.4, 0.5) is 0 Å². The van der Waals surface area contributed by atoms with Crippen molar-refractivity contribution in [3.05, 3.63) is 63.6 Å². The Morgan fingerprint density at radius 1 is 1.31 bits per heavy atom. The fourth-order valence-electron chi connectivity index (χ4n) is 3.09. The molecule has 3 N–H and O–H groups in total. The number of benzene rings is 1. The number of hydrogen-bond donors (Lipinski definition) is 2. The number of methoxy groups -OCH3 is 1. The molecule has 0 spiro atoms. The third-order valence-electron chi connectivity index (χ3n) is 4.48. The zero-order valence-electron chi connectivity index (χ0n) is 16.2. The zero-order valence-corrected chi connectivity index (χ0v) is 17.9. The van der Waals surface area contributed by atoms with Crippen LogP contribution in [0.1, 0.15) is 33.4 Å². The van der Waals surface area contributed by atoms with Crippen molar-refractivity contribution < 1.29 is 17.9 Å². The maximum atomic E-state index is 12.9.